The van der Waals surface area contributed by atoms with Gasteiger partial charge in [0.2, 0.25) is 34.9 Å². The number of nitrogens with zero attached hydrogens (tertiary/aromatic N) is 8. The van der Waals surface area contributed by atoms with Gasteiger partial charge in [0.05, 0.1) is 21.5 Å². The molecule has 0 atom stereocenters. The fourth-order valence-electron chi connectivity index (χ4n) is 2.93. The van der Waals surface area contributed by atoms with Gasteiger partial charge < -0.3 is 31.8 Å². The Labute approximate surface area is 173 Å². The highest BCUT2D eigenvalue weighted by Crippen LogP contribution is 2.16. The van der Waals surface area contributed by atoms with Gasteiger partial charge in [0.15, 0.2) is 0 Å². The molecule has 0 radical (unpaired) electrons. The fourth-order valence-corrected chi connectivity index (χ4v) is 2.93. The number of hydrogen-bond donors (Lipinski definition) is 4. The molecule has 5 aromatic rings. The minimum Gasteiger partial charge on any atom is -0.403 e. The van der Waals surface area contributed by atoms with E-state index < -0.39 is 11.3 Å². The van der Waals surface area contributed by atoms with Crippen molar-refractivity contribution < 1.29 is 8.83 Å². The summed E-state index contributed by atoms with van der Waals surface area (Å²) in [7, 11) is 0. The lowest BCUT2D eigenvalue weighted by molar-refractivity contribution is 0.485. The second kappa shape index (κ2) is 6.62. The molecule has 0 fully saturated rings. The number of benzene rings is 1. The number of anilines is 4. The van der Waals surface area contributed by atoms with E-state index in [2.05, 4.69) is 39.9 Å². The van der Waals surface area contributed by atoms with Crippen LogP contribution in [0.4, 0.5) is 35.7 Å². The molecule has 0 amide bonds. The first-order chi connectivity index (χ1) is 15.3. The third-order valence-electron chi connectivity index (χ3n) is 4.16. The molecule has 0 spiro atoms. The average molecular weight is 434 g/mol. The Morgan fingerprint density at radius 3 is 1.25 bits per heavy atom. The van der Waals surface area contributed by atoms with Gasteiger partial charge in [-0.1, -0.05) is 0 Å². The molecule has 0 aliphatic rings. The topological polar surface area (TPSA) is 267 Å². The van der Waals surface area contributed by atoms with Crippen molar-refractivity contribution in [3.05, 3.63) is 44.1 Å². The number of furan rings is 2. The quantitative estimate of drug-likeness (QED) is 0.232. The Hall–Kier alpha value is -5.28. The summed E-state index contributed by atoms with van der Waals surface area (Å²) in [5, 5.41) is 0.604. The highest BCUT2D eigenvalue weighted by molar-refractivity contribution is 5.96. The second-order valence-corrected chi connectivity index (χ2v) is 6.26. The van der Waals surface area contributed by atoms with Gasteiger partial charge in [-0.2, -0.15) is 39.9 Å². The molecule has 0 saturated heterocycles. The number of nitrogens with two attached hydrogens (primary N) is 4. The van der Waals surface area contributed by atoms with E-state index in [-0.39, 0.29) is 68.3 Å². The highest BCUT2D eigenvalue weighted by atomic mass is 16.4. The van der Waals surface area contributed by atoms with E-state index in [4.69, 9.17) is 31.8 Å². The third-order valence-corrected chi connectivity index (χ3v) is 4.16. The molecule has 8 N–H and O–H groups in total. The molecule has 1 aromatic carbocycles. The van der Waals surface area contributed by atoms with Crippen LogP contribution in [0, 0.1) is 0 Å². The molecule has 4 aromatic heterocycles. The summed E-state index contributed by atoms with van der Waals surface area (Å²) in [4.78, 5) is 55.4. The molecule has 4 heterocycles. The standard InChI is InChI=1S/C16H10N12O4/c17-11-23-12(18)26-15(25-11)21-7-3-1-5-4(2-6(3)10(30)31-7)8(32-9(5)29)22-16-27-13(19)24-14(20)28-16/h1-2H,(H4,17,18,23,25,26)(H4,19,20,24,27,28)/b21-7-,22-8-. The molecule has 32 heavy (non-hydrogen) atoms. The van der Waals surface area contributed by atoms with E-state index in [9.17, 15) is 9.59 Å². The first-order valence-electron chi connectivity index (χ1n) is 8.61. The Morgan fingerprint density at radius 1 is 0.562 bits per heavy atom. The van der Waals surface area contributed by atoms with Crippen LogP contribution in [0.25, 0.3) is 21.5 Å². The van der Waals surface area contributed by atoms with Gasteiger partial charge in [0.1, 0.15) is 0 Å². The Morgan fingerprint density at radius 2 is 0.906 bits per heavy atom. The zero-order chi connectivity index (χ0) is 22.6. The molecular weight excluding hydrogens is 424 g/mol. The van der Waals surface area contributed by atoms with E-state index >= 15 is 0 Å². The predicted molar refractivity (Wildman–Crippen MR) is 109 cm³/mol. The number of aromatic nitrogens is 6. The fraction of sp³-hybridized carbons (Fsp3) is 0. The molecule has 0 aliphatic carbocycles. The summed E-state index contributed by atoms with van der Waals surface area (Å²) < 4.78 is 10.4. The van der Waals surface area contributed by atoms with Crippen LogP contribution in [0.3, 0.4) is 0 Å². The predicted octanol–water partition coefficient (Wildman–Crippen LogP) is -2.06. The summed E-state index contributed by atoms with van der Waals surface area (Å²) >= 11 is 0. The van der Waals surface area contributed by atoms with Crippen molar-refractivity contribution in [3.8, 4) is 0 Å². The summed E-state index contributed by atoms with van der Waals surface area (Å²) in [6, 6.07) is 2.73. The third kappa shape index (κ3) is 3.12. The highest BCUT2D eigenvalue weighted by Gasteiger charge is 2.16. The van der Waals surface area contributed by atoms with Crippen molar-refractivity contribution in [1.29, 1.82) is 0 Å². The van der Waals surface area contributed by atoms with Crippen molar-refractivity contribution in [2.45, 2.75) is 0 Å². The molecule has 0 aliphatic heterocycles. The molecule has 0 saturated carbocycles. The second-order valence-electron chi connectivity index (χ2n) is 6.26. The summed E-state index contributed by atoms with van der Waals surface area (Å²) in [5.41, 5.74) is 20.3. The lowest BCUT2D eigenvalue weighted by Gasteiger charge is -1.95. The normalized spacial score (nSPS) is 12.9. The van der Waals surface area contributed by atoms with E-state index in [0.29, 0.717) is 0 Å². The summed E-state index contributed by atoms with van der Waals surface area (Å²) in [6.45, 7) is 0. The van der Waals surface area contributed by atoms with Crippen LogP contribution in [-0.4, -0.2) is 29.9 Å². The maximum Gasteiger partial charge on any atom is 0.345 e. The molecule has 5 rings (SSSR count). The van der Waals surface area contributed by atoms with Crippen LogP contribution in [0.1, 0.15) is 0 Å². The molecular formula is C16H10N12O4. The first-order valence-corrected chi connectivity index (χ1v) is 8.61. The summed E-state index contributed by atoms with van der Waals surface area (Å²) in [5.74, 6) is -1.03. The van der Waals surface area contributed by atoms with Crippen molar-refractivity contribution in [2.24, 2.45) is 9.98 Å². The maximum atomic E-state index is 12.4. The zero-order valence-electron chi connectivity index (χ0n) is 15.7. The van der Waals surface area contributed by atoms with Crippen LogP contribution >= 0.6 is 0 Å². The summed E-state index contributed by atoms with van der Waals surface area (Å²) in [6.07, 6.45) is 0. The van der Waals surface area contributed by atoms with Gasteiger partial charge >= 0.3 is 11.3 Å². The lowest BCUT2D eigenvalue weighted by Crippen LogP contribution is -2.04. The number of nitrogen functional groups attached to an aromatic ring is 4. The van der Waals surface area contributed by atoms with Crippen molar-refractivity contribution in [2.75, 3.05) is 22.9 Å². The zero-order valence-corrected chi connectivity index (χ0v) is 15.7. The minimum absolute atomic E-state index is 0.0955. The number of rotatable bonds is 2. The molecule has 0 bridgehead atoms. The Bertz CT molecular complexity index is 1610. The van der Waals surface area contributed by atoms with E-state index in [1.165, 1.54) is 12.1 Å². The van der Waals surface area contributed by atoms with Crippen molar-refractivity contribution in [1.82, 2.24) is 29.9 Å². The van der Waals surface area contributed by atoms with Gasteiger partial charge in [-0.05, 0) is 12.1 Å². The monoisotopic (exact) mass is 434 g/mol. The van der Waals surface area contributed by atoms with Gasteiger partial charge in [0, 0.05) is 0 Å². The van der Waals surface area contributed by atoms with Crippen LogP contribution in [0.15, 0.2) is 40.5 Å². The van der Waals surface area contributed by atoms with Crippen LogP contribution < -0.4 is 45.3 Å². The van der Waals surface area contributed by atoms with E-state index in [1.807, 2.05) is 0 Å². The lowest BCUT2D eigenvalue weighted by atomic mass is 10.1. The number of fused-ring (bicyclic) bond motifs is 2. The molecule has 158 valence electrons. The minimum atomic E-state index is -0.733. The van der Waals surface area contributed by atoms with Gasteiger partial charge in [0.25, 0.3) is 11.9 Å². The first kappa shape index (κ1) is 18.7. The van der Waals surface area contributed by atoms with Crippen LogP contribution in [0.2, 0.25) is 0 Å². The smallest absolute Gasteiger partial charge is 0.345 e. The largest absolute Gasteiger partial charge is 0.403 e. The average Bonchev–Trinajstić information content (AvgIpc) is 3.16. The number of hydrogen-bond acceptors (Lipinski definition) is 16. The Kier molecular flexibility index (Phi) is 3.88. The van der Waals surface area contributed by atoms with Crippen LogP contribution in [-0.2, 0) is 0 Å². The van der Waals surface area contributed by atoms with Crippen LogP contribution in [0.5, 0.6) is 0 Å². The van der Waals surface area contributed by atoms with Crippen molar-refractivity contribution >= 4 is 57.2 Å². The molecule has 16 heteroatoms. The maximum absolute atomic E-state index is 12.4. The van der Waals surface area contributed by atoms with Gasteiger partial charge in [-0.15, -0.1) is 0 Å². The molecule has 16 nitrogen and oxygen atoms in total. The van der Waals surface area contributed by atoms with E-state index in [0.717, 1.165) is 0 Å². The van der Waals surface area contributed by atoms with Gasteiger partial charge in [-0.3, -0.25) is 0 Å². The van der Waals surface area contributed by atoms with E-state index in [1.54, 1.807) is 0 Å². The molecule has 0 unspecified atom stereocenters. The SMILES string of the molecule is Nc1nc(N)nc(/N=c2\oc(=O)c3cc4/c(=N/c5nc(N)nc(N)n5)oc(=O)c4cc23)n1. The Balaban J connectivity index is 1.78. The van der Waals surface area contributed by atoms with Gasteiger partial charge in [-0.25, -0.2) is 9.59 Å². The van der Waals surface area contributed by atoms with Crippen molar-refractivity contribution in [3.63, 3.8) is 0 Å².